The summed E-state index contributed by atoms with van der Waals surface area (Å²) in [6, 6.07) is 0. The van der Waals surface area contributed by atoms with Gasteiger partial charge in [0.15, 0.2) is 5.96 Å². The molecular weight excluding hydrogens is 322 g/mol. The van der Waals surface area contributed by atoms with Crippen molar-refractivity contribution in [2.75, 3.05) is 20.1 Å². The molecule has 1 aliphatic rings. The Bertz CT molecular complexity index is 601. The Labute approximate surface area is 148 Å². The van der Waals surface area contributed by atoms with Gasteiger partial charge in [0, 0.05) is 51.5 Å². The summed E-state index contributed by atoms with van der Waals surface area (Å²) in [7, 11) is 1.68. The number of aromatic nitrogens is 1. The normalized spacial score (nSPS) is 15.6. The highest BCUT2D eigenvalue weighted by molar-refractivity contribution is 5.97. The lowest BCUT2D eigenvalue weighted by Gasteiger charge is -2.25. The summed E-state index contributed by atoms with van der Waals surface area (Å²) in [6.07, 6.45) is 3.15. The van der Waals surface area contributed by atoms with Gasteiger partial charge in [-0.3, -0.25) is 19.5 Å². The Morgan fingerprint density at radius 3 is 2.52 bits per heavy atom. The number of nitrogens with one attached hydrogen (secondary N) is 2. The minimum atomic E-state index is -0.0920. The minimum Gasteiger partial charge on any atom is -0.361 e. The molecule has 2 N–H and O–H groups in total. The van der Waals surface area contributed by atoms with Crippen molar-refractivity contribution in [3.8, 4) is 0 Å². The maximum atomic E-state index is 11.8. The average molecular weight is 349 g/mol. The van der Waals surface area contributed by atoms with Gasteiger partial charge >= 0.3 is 0 Å². The van der Waals surface area contributed by atoms with Crippen LogP contribution in [0.5, 0.6) is 0 Å². The average Bonchev–Trinajstić information content (AvgIpc) is 3.02. The van der Waals surface area contributed by atoms with Crippen LogP contribution in [0.2, 0.25) is 0 Å². The first-order valence-electron chi connectivity index (χ1n) is 8.84. The van der Waals surface area contributed by atoms with Crippen molar-refractivity contribution in [3.63, 3.8) is 0 Å². The molecule has 2 heterocycles. The summed E-state index contributed by atoms with van der Waals surface area (Å²) < 4.78 is 5.35. The lowest BCUT2D eigenvalue weighted by Crippen LogP contribution is -2.46. The first-order valence-corrected chi connectivity index (χ1v) is 8.84. The molecular formula is C17H27N5O3. The van der Waals surface area contributed by atoms with Gasteiger partial charge in [-0.05, 0) is 12.8 Å². The lowest BCUT2D eigenvalue weighted by molar-refractivity contribution is -0.147. The third kappa shape index (κ3) is 4.80. The maximum absolute atomic E-state index is 11.8. The zero-order valence-electron chi connectivity index (χ0n) is 15.2. The van der Waals surface area contributed by atoms with Gasteiger partial charge in [-0.25, -0.2) is 0 Å². The van der Waals surface area contributed by atoms with Crippen molar-refractivity contribution in [3.05, 3.63) is 17.0 Å². The van der Waals surface area contributed by atoms with E-state index in [1.807, 2.05) is 13.8 Å². The second kappa shape index (κ2) is 9.19. The number of carbonyl (C=O) groups is 2. The Morgan fingerprint density at radius 1 is 1.20 bits per heavy atom. The molecule has 138 valence electrons. The van der Waals surface area contributed by atoms with Crippen molar-refractivity contribution in [2.24, 2.45) is 4.99 Å². The van der Waals surface area contributed by atoms with E-state index in [0.717, 1.165) is 29.9 Å². The van der Waals surface area contributed by atoms with Crippen molar-refractivity contribution >= 4 is 17.8 Å². The number of hydrogen-bond acceptors (Lipinski definition) is 5. The summed E-state index contributed by atoms with van der Waals surface area (Å²) in [4.78, 5) is 29.1. The molecule has 1 aliphatic heterocycles. The van der Waals surface area contributed by atoms with Crippen LogP contribution in [0.4, 0.5) is 0 Å². The zero-order valence-corrected chi connectivity index (χ0v) is 15.2. The third-order valence-electron chi connectivity index (χ3n) is 4.27. The van der Waals surface area contributed by atoms with Gasteiger partial charge in [0.2, 0.25) is 11.8 Å². The summed E-state index contributed by atoms with van der Waals surface area (Å²) in [6.45, 7) is 5.45. The molecule has 0 saturated carbocycles. The van der Waals surface area contributed by atoms with Gasteiger partial charge in [0.05, 0.1) is 5.69 Å². The predicted molar refractivity (Wildman–Crippen MR) is 94.0 cm³/mol. The number of aryl methyl sites for hydroxylation is 2. The van der Waals surface area contributed by atoms with E-state index in [-0.39, 0.29) is 11.8 Å². The fraction of sp³-hybridized carbons (Fsp3) is 0.647. The topological polar surface area (TPSA) is 99.8 Å². The SMILES string of the molecule is CCc1noc(CC)c1CNC(=NC)NCCN1C(=O)CCCC1=O. The molecule has 2 rings (SSSR count). The van der Waals surface area contributed by atoms with E-state index in [2.05, 4.69) is 20.8 Å². The van der Waals surface area contributed by atoms with Crippen LogP contribution in [-0.2, 0) is 29.0 Å². The second-order valence-corrected chi connectivity index (χ2v) is 5.88. The highest BCUT2D eigenvalue weighted by Crippen LogP contribution is 2.15. The van der Waals surface area contributed by atoms with Gasteiger partial charge in [0.1, 0.15) is 5.76 Å². The first-order chi connectivity index (χ1) is 12.1. The first kappa shape index (κ1) is 19.0. The number of hydrogen-bond donors (Lipinski definition) is 2. The van der Waals surface area contributed by atoms with Crippen LogP contribution in [0.15, 0.2) is 9.52 Å². The molecule has 1 aromatic heterocycles. The number of rotatable bonds is 7. The number of guanidine groups is 1. The number of imide groups is 1. The number of piperidine rings is 1. The molecule has 25 heavy (non-hydrogen) atoms. The molecule has 8 nitrogen and oxygen atoms in total. The molecule has 1 aromatic rings. The molecule has 1 saturated heterocycles. The number of carbonyl (C=O) groups excluding carboxylic acids is 2. The van der Waals surface area contributed by atoms with E-state index >= 15 is 0 Å². The minimum absolute atomic E-state index is 0.0920. The fourth-order valence-electron chi connectivity index (χ4n) is 2.87. The molecule has 0 unspecified atom stereocenters. The van der Waals surface area contributed by atoms with Crippen LogP contribution in [-0.4, -0.2) is 48.0 Å². The van der Waals surface area contributed by atoms with E-state index in [1.54, 1.807) is 7.05 Å². The van der Waals surface area contributed by atoms with Crippen molar-refractivity contribution in [1.29, 1.82) is 0 Å². The van der Waals surface area contributed by atoms with Crippen molar-refractivity contribution in [2.45, 2.75) is 52.5 Å². The molecule has 0 spiro atoms. The van der Waals surface area contributed by atoms with Crippen LogP contribution in [0.3, 0.4) is 0 Å². The Hall–Kier alpha value is -2.38. The number of aliphatic imine (C=N–C) groups is 1. The zero-order chi connectivity index (χ0) is 18.2. The van der Waals surface area contributed by atoms with E-state index in [4.69, 9.17) is 4.52 Å². The summed E-state index contributed by atoms with van der Waals surface area (Å²) >= 11 is 0. The van der Waals surface area contributed by atoms with Crippen LogP contribution in [0.1, 0.15) is 50.1 Å². The molecule has 0 radical (unpaired) electrons. The molecule has 8 heteroatoms. The standard InChI is InChI=1S/C17H27N5O3/c1-4-13-12(14(5-2)25-21-13)11-20-17(18-3)19-9-10-22-15(23)7-6-8-16(22)24/h4-11H2,1-3H3,(H2,18,19,20). The van der Waals surface area contributed by atoms with E-state index in [9.17, 15) is 9.59 Å². The van der Waals surface area contributed by atoms with Crippen molar-refractivity contribution < 1.29 is 14.1 Å². The number of amides is 2. The highest BCUT2D eigenvalue weighted by Gasteiger charge is 2.25. The summed E-state index contributed by atoms with van der Waals surface area (Å²) in [5.41, 5.74) is 2.01. The quantitative estimate of drug-likeness (QED) is 0.433. The van der Waals surface area contributed by atoms with Crippen molar-refractivity contribution in [1.82, 2.24) is 20.7 Å². The van der Waals surface area contributed by atoms with Crippen LogP contribution in [0.25, 0.3) is 0 Å². The van der Waals surface area contributed by atoms with Gasteiger partial charge in [-0.2, -0.15) is 0 Å². The monoisotopic (exact) mass is 349 g/mol. The van der Waals surface area contributed by atoms with E-state index in [1.165, 1.54) is 4.90 Å². The predicted octanol–water partition coefficient (Wildman–Crippen LogP) is 1.00. The van der Waals surface area contributed by atoms with Crippen LogP contribution >= 0.6 is 0 Å². The second-order valence-electron chi connectivity index (χ2n) is 5.88. The molecule has 2 amide bonds. The Morgan fingerprint density at radius 2 is 1.92 bits per heavy atom. The van der Waals surface area contributed by atoms with Crippen LogP contribution < -0.4 is 10.6 Å². The van der Waals surface area contributed by atoms with E-state index in [0.29, 0.717) is 44.9 Å². The van der Waals surface area contributed by atoms with E-state index < -0.39 is 0 Å². The fourth-order valence-corrected chi connectivity index (χ4v) is 2.87. The molecule has 0 aromatic carbocycles. The van der Waals surface area contributed by atoms with Crippen LogP contribution in [0, 0.1) is 0 Å². The van der Waals surface area contributed by atoms with Gasteiger partial charge in [-0.1, -0.05) is 19.0 Å². The maximum Gasteiger partial charge on any atom is 0.229 e. The molecule has 1 fully saturated rings. The number of likely N-dealkylation sites (tertiary alicyclic amines) is 1. The molecule has 0 aliphatic carbocycles. The third-order valence-corrected chi connectivity index (χ3v) is 4.27. The summed E-state index contributed by atoms with van der Waals surface area (Å²) in [5.74, 6) is 1.31. The molecule has 0 bridgehead atoms. The Kier molecular flexibility index (Phi) is 6.97. The van der Waals surface area contributed by atoms with Gasteiger partial charge in [-0.15, -0.1) is 0 Å². The molecule has 0 atom stereocenters. The van der Waals surface area contributed by atoms with Gasteiger partial charge < -0.3 is 15.2 Å². The number of nitrogens with zero attached hydrogens (tertiary/aromatic N) is 3. The summed E-state index contributed by atoms with van der Waals surface area (Å²) in [5, 5.41) is 10.5. The van der Waals surface area contributed by atoms with Gasteiger partial charge in [0.25, 0.3) is 0 Å². The smallest absolute Gasteiger partial charge is 0.229 e. The highest BCUT2D eigenvalue weighted by atomic mass is 16.5. The largest absolute Gasteiger partial charge is 0.361 e. The Balaban J connectivity index is 1.84. The lowest BCUT2D eigenvalue weighted by atomic mass is 10.1.